The molecule has 0 spiro atoms. The number of anilines is 1. The number of nitrogens with one attached hydrogen (secondary N) is 1. The Labute approximate surface area is 138 Å². The average molecular weight is 332 g/mol. The van der Waals surface area contributed by atoms with Gasteiger partial charge in [0.25, 0.3) is 11.6 Å². The van der Waals surface area contributed by atoms with Crippen LogP contribution < -0.4 is 10.1 Å². The molecule has 6 nitrogen and oxygen atoms in total. The first-order chi connectivity index (χ1) is 11.1. The molecule has 23 heavy (non-hydrogen) atoms. The molecule has 0 aliphatic rings. The first kappa shape index (κ1) is 16.8. The van der Waals surface area contributed by atoms with Gasteiger partial charge in [0, 0.05) is 11.6 Å². The number of benzene rings is 2. The molecule has 0 aromatic heterocycles. The van der Waals surface area contributed by atoms with Gasteiger partial charge in [0.1, 0.15) is 5.75 Å². The number of carbonyl (C=O) groups excluding carboxylic acids is 1. The third-order valence-corrected chi connectivity index (χ3v) is 3.86. The fraction of sp³-hybridized carbons (Fsp3) is 0.188. The maximum absolute atomic E-state index is 12.3. The minimum absolute atomic E-state index is 0.0803. The summed E-state index contributed by atoms with van der Waals surface area (Å²) in [7, 11) is 0. The number of nitro groups is 1. The number of hydrogen-bond acceptors (Lipinski definition) is 5. The average Bonchev–Trinajstić information content (AvgIpc) is 2.56. The quantitative estimate of drug-likeness (QED) is 0.492. The van der Waals surface area contributed by atoms with Gasteiger partial charge in [-0.25, -0.2) is 0 Å². The van der Waals surface area contributed by atoms with E-state index in [1.165, 1.54) is 17.8 Å². The molecule has 120 valence electrons. The molecule has 2 aromatic carbocycles. The number of nitro benzene ring substituents is 1. The molecule has 0 saturated heterocycles. The van der Waals surface area contributed by atoms with E-state index in [4.69, 9.17) is 4.74 Å². The van der Waals surface area contributed by atoms with E-state index in [1.807, 2.05) is 6.92 Å². The van der Waals surface area contributed by atoms with Gasteiger partial charge in [-0.3, -0.25) is 14.9 Å². The topological polar surface area (TPSA) is 81.5 Å². The number of ether oxygens (including phenoxy) is 1. The van der Waals surface area contributed by atoms with Gasteiger partial charge >= 0.3 is 0 Å². The van der Waals surface area contributed by atoms with Crippen molar-refractivity contribution in [1.82, 2.24) is 0 Å². The highest BCUT2D eigenvalue weighted by atomic mass is 32.2. The van der Waals surface area contributed by atoms with E-state index in [-0.39, 0.29) is 11.3 Å². The molecule has 1 amide bonds. The minimum Gasteiger partial charge on any atom is -0.492 e. The van der Waals surface area contributed by atoms with Crippen LogP contribution in [-0.4, -0.2) is 23.7 Å². The van der Waals surface area contributed by atoms with Crippen LogP contribution in [0.3, 0.4) is 0 Å². The second-order valence-corrected chi connectivity index (χ2v) is 5.38. The van der Waals surface area contributed by atoms with E-state index in [9.17, 15) is 14.9 Å². The second-order valence-electron chi connectivity index (χ2n) is 4.53. The predicted octanol–water partition coefficient (Wildman–Crippen LogP) is 3.97. The Hall–Kier alpha value is -2.54. The van der Waals surface area contributed by atoms with Crippen LogP contribution in [0.2, 0.25) is 0 Å². The van der Waals surface area contributed by atoms with Gasteiger partial charge in [0.05, 0.1) is 22.1 Å². The van der Waals surface area contributed by atoms with Crippen LogP contribution >= 0.6 is 11.8 Å². The summed E-state index contributed by atoms with van der Waals surface area (Å²) >= 11 is 1.26. The van der Waals surface area contributed by atoms with Gasteiger partial charge in [-0.05, 0) is 37.4 Å². The van der Waals surface area contributed by atoms with Crippen molar-refractivity contribution in [3.8, 4) is 5.75 Å². The van der Waals surface area contributed by atoms with Gasteiger partial charge in [-0.1, -0.05) is 12.1 Å². The summed E-state index contributed by atoms with van der Waals surface area (Å²) in [5.74, 6) is 0.131. The van der Waals surface area contributed by atoms with Crippen molar-refractivity contribution in [3.05, 3.63) is 58.1 Å². The van der Waals surface area contributed by atoms with Crippen LogP contribution in [-0.2, 0) is 0 Å². The van der Waals surface area contributed by atoms with Crippen molar-refractivity contribution in [2.24, 2.45) is 0 Å². The first-order valence-corrected chi connectivity index (χ1v) is 8.15. The Morgan fingerprint density at radius 1 is 1.30 bits per heavy atom. The molecule has 1 N–H and O–H groups in total. The van der Waals surface area contributed by atoms with Gasteiger partial charge in [-0.15, -0.1) is 11.8 Å². The molecule has 2 rings (SSSR count). The molecular formula is C16H16N2O4S. The minimum atomic E-state index is -0.489. The largest absolute Gasteiger partial charge is 0.492 e. The van der Waals surface area contributed by atoms with Crippen molar-refractivity contribution in [3.63, 3.8) is 0 Å². The zero-order valence-corrected chi connectivity index (χ0v) is 13.6. The van der Waals surface area contributed by atoms with Crippen LogP contribution in [0.1, 0.15) is 17.3 Å². The Balaban J connectivity index is 2.28. The molecule has 0 aliphatic heterocycles. The van der Waals surface area contributed by atoms with Crippen LogP contribution in [0.25, 0.3) is 0 Å². The van der Waals surface area contributed by atoms with Gasteiger partial charge in [0.15, 0.2) is 0 Å². The normalized spacial score (nSPS) is 10.2. The third kappa shape index (κ3) is 4.01. The fourth-order valence-electron chi connectivity index (χ4n) is 2.02. The molecule has 0 heterocycles. The maximum Gasteiger partial charge on any atom is 0.283 e. The lowest BCUT2D eigenvalue weighted by atomic mass is 10.2. The molecule has 0 aliphatic carbocycles. The van der Waals surface area contributed by atoms with Crippen molar-refractivity contribution < 1.29 is 14.5 Å². The van der Waals surface area contributed by atoms with Crippen molar-refractivity contribution in [1.29, 1.82) is 0 Å². The SMILES string of the molecule is CCOc1ccccc1NC(=O)c1ccc(SC)c([N+](=O)[O-])c1. The second kappa shape index (κ2) is 7.64. The smallest absolute Gasteiger partial charge is 0.283 e. The number of thioether (sulfide) groups is 1. The molecular weight excluding hydrogens is 316 g/mol. The first-order valence-electron chi connectivity index (χ1n) is 6.92. The number of rotatable bonds is 6. The molecule has 0 bridgehead atoms. The van der Waals surface area contributed by atoms with E-state index < -0.39 is 10.8 Å². The summed E-state index contributed by atoms with van der Waals surface area (Å²) in [4.78, 5) is 23.5. The maximum atomic E-state index is 12.3. The van der Waals surface area contributed by atoms with Gasteiger partial charge in [0.2, 0.25) is 0 Å². The number of amides is 1. The Kier molecular flexibility index (Phi) is 5.59. The van der Waals surface area contributed by atoms with Gasteiger partial charge < -0.3 is 10.1 Å². The fourth-order valence-corrected chi connectivity index (χ4v) is 2.57. The standard InChI is InChI=1S/C16H16N2O4S/c1-3-22-14-7-5-4-6-12(14)17-16(19)11-8-9-15(23-2)13(10-11)18(20)21/h4-10H,3H2,1-2H3,(H,17,19). The zero-order valence-electron chi connectivity index (χ0n) is 12.7. The Morgan fingerprint density at radius 2 is 2.04 bits per heavy atom. The van der Waals surface area contributed by atoms with Crippen molar-refractivity contribution in [2.75, 3.05) is 18.2 Å². The molecule has 0 saturated carbocycles. The summed E-state index contributed by atoms with van der Waals surface area (Å²) in [5, 5.41) is 13.8. The molecule has 0 fully saturated rings. The number of carbonyl (C=O) groups is 1. The molecule has 0 radical (unpaired) electrons. The Bertz CT molecular complexity index is 734. The van der Waals surface area contributed by atoms with Crippen molar-refractivity contribution in [2.45, 2.75) is 11.8 Å². The third-order valence-electron chi connectivity index (χ3n) is 3.07. The van der Waals surface area contributed by atoms with Gasteiger partial charge in [-0.2, -0.15) is 0 Å². The predicted molar refractivity (Wildman–Crippen MR) is 90.4 cm³/mol. The molecule has 0 unspecified atom stereocenters. The van der Waals surface area contributed by atoms with E-state index in [0.717, 1.165) is 0 Å². The van der Waals surface area contributed by atoms with Crippen LogP contribution in [0, 0.1) is 10.1 Å². The van der Waals surface area contributed by atoms with E-state index in [1.54, 1.807) is 42.7 Å². The number of nitrogens with zero attached hydrogens (tertiary/aromatic N) is 1. The van der Waals surface area contributed by atoms with Crippen molar-refractivity contribution >= 4 is 29.0 Å². The summed E-state index contributed by atoms with van der Waals surface area (Å²) in [6, 6.07) is 11.5. The van der Waals surface area contributed by atoms with E-state index in [0.29, 0.717) is 22.9 Å². The lowest BCUT2D eigenvalue weighted by Gasteiger charge is -2.11. The molecule has 2 aromatic rings. The lowest BCUT2D eigenvalue weighted by Crippen LogP contribution is -2.13. The highest BCUT2D eigenvalue weighted by Crippen LogP contribution is 2.29. The highest BCUT2D eigenvalue weighted by molar-refractivity contribution is 7.98. The molecule has 0 atom stereocenters. The highest BCUT2D eigenvalue weighted by Gasteiger charge is 2.17. The van der Waals surface area contributed by atoms with E-state index in [2.05, 4.69) is 5.32 Å². The summed E-state index contributed by atoms with van der Waals surface area (Å²) < 4.78 is 5.45. The zero-order chi connectivity index (χ0) is 16.8. The Morgan fingerprint density at radius 3 is 2.70 bits per heavy atom. The summed E-state index contributed by atoms with van der Waals surface area (Å²) in [5.41, 5.74) is 0.667. The number of hydrogen-bond donors (Lipinski definition) is 1. The summed E-state index contributed by atoms with van der Waals surface area (Å²) in [6.07, 6.45) is 1.75. The monoisotopic (exact) mass is 332 g/mol. The van der Waals surface area contributed by atoms with Crippen LogP contribution in [0.5, 0.6) is 5.75 Å². The molecule has 7 heteroatoms. The lowest BCUT2D eigenvalue weighted by molar-refractivity contribution is -0.387. The van der Waals surface area contributed by atoms with Crippen LogP contribution in [0.15, 0.2) is 47.4 Å². The van der Waals surface area contributed by atoms with E-state index >= 15 is 0 Å². The number of para-hydroxylation sites is 2. The van der Waals surface area contributed by atoms with Crippen LogP contribution in [0.4, 0.5) is 11.4 Å². The summed E-state index contributed by atoms with van der Waals surface area (Å²) in [6.45, 7) is 2.32.